The second-order valence-corrected chi connectivity index (χ2v) is 5.58. The van der Waals surface area contributed by atoms with Crippen molar-refractivity contribution in [2.24, 2.45) is 33.4 Å². The lowest BCUT2D eigenvalue weighted by atomic mass is 9.89. The number of amidine groups is 2. The first kappa shape index (κ1) is 17.8. The van der Waals surface area contributed by atoms with Crippen molar-refractivity contribution in [1.82, 2.24) is 0 Å². The lowest BCUT2D eigenvalue weighted by molar-refractivity contribution is 1.01. The van der Waals surface area contributed by atoms with Gasteiger partial charge in [-0.2, -0.15) is 15.5 Å². The van der Waals surface area contributed by atoms with E-state index in [0.29, 0.717) is 24.0 Å². The Bertz CT molecular complexity index is 875. The number of hydrogen-bond donors (Lipinski definition) is 4. The van der Waals surface area contributed by atoms with Gasteiger partial charge in [0.25, 0.3) is 0 Å². The number of nitrogens with zero attached hydrogens (tertiary/aromatic N) is 3. The smallest absolute Gasteiger partial charge is 0.151 e. The molecule has 0 fully saturated rings. The van der Waals surface area contributed by atoms with Gasteiger partial charge >= 0.3 is 0 Å². The van der Waals surface area contributed by atoms with Crippen LogP contribution in [0.15, 0.2) is 46.6 Å². The summed E-state index contributed by atoms with van der Waals surface area (Å²) in [5, 5.41) is 16.2. The van der Waals surface area contributed by atoms with Crippen LogP contribution in [0.3, 0.4) is 0 Å². The maximum absolute atomic E-state index is 8.90. The SMILES string of the molecule is Cc1ccc(-c2cccc(CCC#N)c2C(N)=NN)c(C(N)=NN)c1. The first-order chi connectivity index (χ1) is 12.0. The molecule has 0 amide bonds. The highest BCUT2D eigenvalue weighted by molar-refractivity contribution is 6.09. The summed E-state index contributed by atoms with van der Waals surface area (Å²) >= 11 is 0. The fourth-order valence-electron chi connectivity index (χ4n) is 2.76. The Morgan fingerprint density at radius 3 is 2.40 bits per heavy atom. The van der Waals surface area contributed by atoms with Crippen molar-refractivity contribution in [1.29, 1.82) is 5.26 Å². The number of benzene rings is 2. The van der Waals surface area contributed by atoms with E-state index in [4.69, 9.17) is 28.4 Å². The van der Waals surface area contributed by atoms with Crippen LogP contribution < -0.4 is 23.2 Å². The van der Waals surface area contributed by atoms with Crippen LogP contribution in [0, 0.1) is 18.3 Å². The molecule has 0 saturated heterocycles. The number of aryl methyl sites for hydroxylation is 2. The van der Waals surface area contributed by atoms with E-state index in [-0.39, 0.29) is 11.7 Å². The largest absolute Gasteiger partial charge is 0.382 e. The molecule has 0 aliphatic carbocycles. The predicted molar refractivity (Wildman–Crippen MR) is 100 cm³/mol. The van der Waals surface area contributed by atoms with Gasteiger partial charge in [-0.25, -0.2) is 0 Å². The molecule has 2 rings (SSSR count). The van der Waals surface area contributed by atoms with Crippen molar-refractivity contribution in [3.63, 3.8) is 0 Å². The van der Waals surface area contributed by atoms with Crippen molar-refractivity contribution in [3.8, 4) is 17.2 Å². The molecule has 0 aromatic heterocycles. The molecule has 0 aliphatic heterocycles. The van der Waals surface area contributed by atoms with Gasteiger partial charge in [0.05, 0.1) is 6.07 Å². The minimum atomic E-state index is 0.193. The summed E-state index contributed by atoms with van der Waals surface area (Å²) < 4.78 is 0. The van der Waals surface area contributed by atoms with Crippen LogP contribution in [0.5, 0.6) is 0 Å². The maximum atomic E-state index is 8.90. The average Bonchev–Trinajstić information content (AvgIpc) is 2.64. The second-order valence-electron chi connectivity index (χ2n) is 5.58. The number of rotatable bonds is 5. The van der Waals surface area contributed by atoms with Gasteiger partial charge < -0.3 is 23.2 Å². The monoisotopic (exact) mass is 335 g/mol. The fourth-order valence-corrected chi connectivity index (χ4v) is 2.76. The number of nitriles is 1. The fraction of sp³-hybridized carbons (Fsp3) is 0.167. The predicted octanol–water partition coefficient (Wildman–Crippen LogP) is 1.28. The molecular formula is C18H21N7. The van der Waals surface area contributed by atoms with Crippen molar-refractivity contribution >= 4 is 11.7 Å². The van der Waals surface area contributed by atoms with Crippen LogP contribution in [0.1, 0.15) is 28.7 Å². The van der Waals surface area contributed by atoms with Gasteiger partial charge in [0, 0.05) is 17.5 Å². The third-order valence-electron chi connectivity index (χ3n) is 3.93. The first-order valence-electron chi connectivity index (χ1n) is 7.70. The van der Waals surface area contributed by atoms with E-state index in [2.05, 4.69) is 16.3 Å². The minimum absolute atomic E-state index is 0.193. The molecule has 2 aromatic rings. The van der Waals surface area contributed by atoms with Gasteiger partial charge in [0.1, 0.15) is 0 Å². The van der Waals surface area contributed by atoms with Crippen molar-refractivity contribution in [3.05, 3.63) is 58.7 Å². The Kier molecular flexibility index (Phi) is 5.58. The summed E-state index contributed by atoms with van der Waals surface area (Å²) in [7, 11) is 0. The summed E-state index contributed by atoms with van der Waals surface area (Å²) in [4.78, 5) is 0. The molecule has 0 bridgehead atoms. The molecule has 7 nitrogen and oxygen atoms in total. The van der Waals surface area contributed by atoms with Gasteiger partial charge in [-0.3, -0.25) is 0 Å². The van der Waals surface area contributed by atoms with Crippen molar-refractivity contribution in [2.75, 3.05) is 0 Å². The van der Waals surface area contributed by atoms with Crippen LogP contribution in [-0.4, -0.2) is 11.7 Å². The standard InChI is InChI=1S/C18H21N7/c1-11-7-8-13(15(10-11)17(20)24-22)14-6-2-4-12(5-3-9-19)16(14)18(21)25-23/h2,4,6-8,10H,3,5,22-23H2,1H3,(H2,20,24)(H2,21,25). The zero-order valence-electron chi connectivity index (χ0n) is 14.0. The second kappa shape index (κ2) is 7.84. The van der Waals surface area contributed by atoms with E-state index in [1.165, 1.54) is 0 Å². The molecule has 128 valence electrons. The zero-order valence-corrected chi connectivity index (χ0v) is 14.0. The zero-order chi connectivity index (χ0) is 18.4. The van der Waals surface area contributed by atoms with Crippen LogP contribution in [-0.2, 0) is 6.42 Å². The summed E-state index contributed by atoms with van der Waals surface area (Å²) in [5.41, 5.74) is 17.0. The number of hydrazone groups is 2. The van der Waals surface area contributed by atoms with E-state index in [1.807, 2.05) is 43.3 Å². The van der Waals surface area contributed by atoms with Crippen molar-refractivity contribution < 1.29 is 0 Å². The first-order valence-corrected chi connectivity index (χ1v) is 7.70. The quantitative estimate of drug-likeness (QED) is 0.280. The van der Waals surface area contributed by atoms with E-state index in [1.54, 1.807) is 0 Å². The summed E-state index contributed by atoms with van der Waals surface area (Å²) in [5.74, 6) is 11.2. The molecule has 8 N–H and O–H groups in total. The lowest BCUT2D eigenvalue weighted by Crippen LogP contribution is -2.21. The molecule has 25 heavy (non-hydrogen) atoms. The summed E-state index contributed by atoms with van der Waals surface area (Å²) in [6.45, 7) is 1.96. The normalized spacial score (nSPS) is 12.0. The van der Waals surface area contributed by atoms with E-state index < -0.39 is 0 Å². The molecule has 2 aromatic carbocycles. The highest BCUT2D eigenvalue weighted by atomic mass is 15.2. The van der Waals surface area contributed by atoms with E-state index >= 15 is 0 Å². The summed E-state index contributed by atoms with van der Waals surface area (Å²) in [6, 6.07) is 13.6. The third kappa shape index (κ3) is 3.70. The topological polar surface area (TPSA) is 153 Å². The van der Waals surface area contributed by atoms with E-state index in [0.717, 1.165) is 22.3 Å². The summed E-state index contributed by atoms with van der Waals surface area (Å²) in [6.07, 6.45) is 0.902. The molecule has 0 atom stereocenters. The average molecular weight is 335 g/mol. The highest BCUT2D eigenvalue weighted by Crippen LogP contribution is 2.30. The third-order valence-corrected chi connectivity index (χ3v) is 3.93. The molecule has 0 heterocycles. The Morgan fingerprint density at radius 2 is 1.76 bits per heavy atom. The minimum Gasteiger partial charge on any atom is -0.382 e. The molecule has 0 spiro atoms. The lowest BCUT2D eigenvalue weighted by Gasteiger charge is -2.17. The van der Waals surface area contributed by atoms with Gasteiger partial charge in [0.15, 0.2) is 11.7 Å². The van der Waals surface area contributed by atoms with Gasteiger partial charge in [-0.15, -0.1) is 0 Å². The maximum Gasteiger partial charge on any atom is 0.151 e. The van der Waals surface area contributed by atoms with Crippen molar-refractivity contribution in [2.45, 2.75) is 19.8 Å². The molecule has 0 radical (unpaired) electrons. The molecular weight excluding hydrogens is 314 g/mol. The van der Waals surface area contributed by atoms with Crippen LogP contribution in [0.2, 0.25) is 0 Å². The molecule has 7 heteroatoms. The Morgan fingerprint density at radius 1 is 1.04 bits per heavy atom. The van der Waals surface area contributed by atoms with Gasteiger partial charge in [0.2, 0.25) is 0 Å². The Labute approximate surface area is 146 Å². The Hall–Kier alpha value is -3.53. The Balaban J connectivity index is 2.78. The van der Waals surface area contributed by atoms with Gasteiger partial charge in [-0.1, -0.05) is 35.9 Å². The number of hydrogen-bond acceptors (Lipinski definition) is 5. The van der Waals surface area contributed by atoms with Crippen LogP contribution >= 0.6 is 0 Å². The number of nitrogens with two attached hydrogens (primary N) is 4. The van der Waals surface area contributed by atoms with Gasteiger partial charge in [-0.05, 0) is 36.1 Å². The molecule has 0 saturated carbocycles. The van der Waals surface area contributed by atoms with Crippen LogP contribution in [0.25, 0.3) is 11.1 Å². The molecule has 0 unspecified atom stereocenters. The van der Waals surface area contributed by atoms with E-state index in [9.17, 15) is 0 Å². The molecule has 0 aliphatic rings. The highest BCUT2D eigenvalue weighted by Gasteiger charge is 2.17. The van der Waals surface area contributed by atoms with Crippen LogP contribution in [0.4, 0.5) is 0 Å².